The summed E-state index contributed by atoms with van der Waals surface area (Å²) >= 11 is 0. The largest absolute Gasteiger partial charge is 0.494 e. The van der Waals surface area contributed by atoms with Crippen molar-refractivity contribution >= 4 is 12.6 Å². The van der Waals surface area contributed by atoms with E-state index in [0.717, 1.165) is 24.3 Å². The van der Waals surface area contributed by atoms with Crippen LogP contribution in [0.1, 0.15) is 49.9 Å². The van der Waals surface area contributed by atoms with E-state index in [-0.39, 0.29) is 0 Å². The van der Waals surface area contributed by atoms with E-state index in [1.807, 2.05) is 27.7 Å². The van der Waals surface area contributed by atoms with Gasteiger partial charge in [-0.3, -0.25) is 0 Å². The van der Waals surface area contributed by atoms with E-state index in [4.69, 9.17) is 9.31 Å². The quantitative estimate of drug-likeness (QED) is 0.534. The zero-order chi connectivity index (χ0) is 19.8. The van der Waals surface area contributed by atoms with Crippen molar-refractivity contribution in [2.45, 2.75) is 50.7 Å². The molecule has 1 aliphatic carbocycles. The molecule has 0 atom stereocenters. The Balaban J connectivity index is 1.84. The Hall–Kier alpha value is -1.86. The molecule has 0 amide bonds. The first-order valence-corrected chi connectivity index (χ1v) is 8.74. The highest BCUT2D eigenvalue weighted by atomic mass is 19.3. The Kier molecular flexibility index (Phi) is 3.67. The molecule has 2 nitrogen and oxygen atoms in total. The SMILES string of the molecule is CC1(C)OB(c2ccc3c(c2)C(F)(F)c2ccccc2C3(F)F)OC1(C)C. The molecule has 2 aromatic rings. The predicted molar refractivity (Wildman–Crippen MR) is 94.6 cm³/mol. The predicted octanol–water partition coefficient (Wildman–Crippen LogP) is 4.58. The summed E-state index contributed by atoms with van der Waals surface area (Å²) in [5.74, 6) is -7.03. The molecule has 1 heterocycles. The van der Waals surface area contributed by atoms with Gasteiger partial charge in [-0.2, -0.15) is 17.6 Å². The lowest BCUT2D eigenvalue weighted by Crippen LogP contribution is -2.41. The molecular weight excluding hydrogens is 359 g/mol. The Morgan fingerprint density at radius 1 is 0.667 bits per heavy atom. The number of rotatable bonds is 1. The molecular formula is C20H19BF4O2. The Bertz CT molecular complexity index is 908. The summed E-state index contributed by atoms with van der Waals surface area (Å²) in [4.78, 5) is 0. The fourth-order valence-electron chi connectivity index (χ4n) is 3.54. The number of benzene rings is 2. The van der Waals surface area contributed by atoms with Crippen LogP contribution in [-0.4, -0.2) is 18.3 Å². The van der Waals surface area contributed by atoms with Crippen molar-refractivity contribution in [2.75, 3.05) is 0 Å². The van der Waals surface area contributed by atoms with E-state index in [9.17, 15) is 8.78 Å². The first-order chi connectivity index (χ1) is 12.4. The number of hydrogen-bond donors (Lipinski definition) is 0. The maximum absolute atomic E-state index is 15.1. The van der Waals surface area contributed by atoms with Crippen LogP contribution in [0.15, 0.2) is 42.5 Å². The van der Waals surface area contributed by atoms with Crippen molar-refractivity contribution in [1.82, 2.24) is 0 Å². The van der Waals surface area contributed by atoms with E-state index in [1.54, 1.807) is 0 Å². The lowest BCUT2D eigenvalue weighted by molar-refractivity contribution is -0.0114. The summed E-state index contributed by atoms with van der Waals surface area (Å²) in [6.07, 6.45) is 0. The van der Waals surface area contributed by atoms with Crippen molar-refractivity contribution in [1.29, 1.82) is 0 Å². The van der Waals surface area contributed by atoms with Crippen molar-refractivity contribution in [3.8, 4) is 0 Å². The summed E-state index contributed by atoms with van der Waals surface area (Å²) in [5.41, 5.74) is -3.76. The standard InChI is InChI=1S/C20H19BF4O2/c1-17(2)18(3,4)27-21(26-17)12-9-10-15-16(11-12)20(24,25)14-8-6-5-7-13(14)19(15,22)23/h5-11H,1-4H3. The van der Waals surface area contributed by atoms with Crippen molar-refractivity contribution in [3.63, 3.8) is 0 Å². The molecule has 4 rings (SSSR count). The lowest BCUT2D eigenvalue weighted by Gasteiger charge is -2.34. The van der Waals surface area contributed by atoms with Gasteiger partial charge in [-0.1, -0.05) is 42.5 Å². The summed E-state index contributed by atoms with van der Waals surface area (Å²) < 4.78 is 71.7. The van der Waals surface area contributed by atoms with Gasteiger partial charge in [0.25, 0.3) is 11.8 Å². The van der Waals surface area contributed by atoms with Crippen molar-refractivity contribution in [2.24, 2.45) is 0 Å². The van der Waals surface area contributed by atoms with Crippen molar-refractivity contribution in [3.05, 3.63) is 64.7 Å². The molecule has 27 heavy (non-hydrogen) atoms. The third kappa shape index (κ3) is 2.48. The molecule has 0 saturated carbocycles. The molecule has 0 spiro atoms. The molecule has 0 N–H and O–H groups in total. The minimum Gasteiger partial charge on any atom is -0.399 e. The lowest BCUT2D eigenvalue weighted by atomic mass is 9.73. The van der Waals surface area contributed by atoms with E-state index in [2.05, 4.69) is 0 Å². The second-order valence-electron chi connectivity index (χ2n) is 8.09. The molecule has 0 aromatic heterocycles. The number of fused-ring (bicyclic) bond motifs is 2. The minimum absolute atomic E-state index is 0.294. The topological polar surface area (TPSA) is 18.5 Å². The normalized spacial score (nSPS) is 23.6. The Labute approximate surface area is 155 Å². The molecule has 2 aliphatic rings. The molecule has 7 heteroatoms. The van der Waals surface area contributed by atoms with Gasteiger partial charge in [0, 0.05) is 22.3 Å². The molecule has 1 fully saturated rings. The van der Waals surface area contributed by atoms with Gasteiger partial charge in [-0.25, -0.2) is 0 Å². The van der Waals surface area contributed by atoms with Gasteiger partial charge < -0.3 is 9.31 Å². The molecule has 1 aliphatic heterocycles. The van der Waals surface area contributed by atoms with Gasteiger partial charge in [-0.05, 0) is 33.2 Å². The van der Waals surface area contributed by atoms with Crippen LogP contribution in [0.5, 0.6) is 0 Å². The van der Waals surface area contributed by atoms with E-state index >= 15 is 8.78 Å². The maximum atomic E-state index is 15.1. The third-order valence-corrected chi connectivity index (χ3v) is 5.85. The van der Waals surface area contributed by atoms with E-state index in [0.29, 0.717) is 5.46 Å². The second-order valence-corrected chi connectivity index (χ2v) is 8.09. The molecule has 0 radical (unpaired) electrons. The zero-order valence-corrected chi connectivity index (χ0v) is 15.4. The molecule has 1 saturated heterocycles. The van der Waals surface area contributed by atoms with Gasteiger partial charge in [0.2, 0.25) is 0 Å². The Morgan fingerprint density at radius 3 is 1.63 bits per heavy atom. The highest BCUT2D eigenvalue weighted by Gasteiger charge is 2.55. The van der Waals surface area contributed by atoms with Crippen LogP contribution < -0.4 is 5.46 Å². The average Bonchev–Trinajstić information content (AvgIpc) is 2.81. The number of hydrogen-bond acceptors (Lipinski definition) is 2. The van der Waals surface area contributed by atoms with Crippen LogP contribution >= 0.6 is 0 Å². The van der Waals surface area contributed by atoms with Gasteiger partial charge in [0.05, 0.1) is 11.2 Å². The van der Waals surface area contributed by atoms with Crippen LogP contribution in [0, 0.1) is 0 Å². The van der Waals surface area contributed by atoms with Gasteiger partial charge in [-0.15, -0.1) is 0 Å². The first-order valence-electron chi connectivity index (χ1n) is 8.74. The van der Waals surface area contributed by atoms with Crippen LogP contribution in [0.4, 0.5) is 17.6 Å². The fraction of sp³-hybridized carbons (Fsp3) is 0.400. The second kappa shape index (κ2) is 5.36. The van der Waals surface area contributed by atoms with E-state index in [1.165, 1.54) is 18.2 Å². The van der Waals surface area contributed by atoms with Crippen molar-refractivity contribution < 1.29 is 26.9 Å². The highest BCUT2D eigenvalue weighted by molar-refractivity contribution is 6.62. The molecule has 142 valence electrons. The molecule has 0 bridgehead atoms. The van der Waals surface area contributed by atoms with Crippen LogP contribution in [0.3, 0.4) is 0 Å². The summed E-state index contributed by atoms with van der Waals surface area (Å²) in [5, 5.41) is 0. The molecule has 2 aromatic carbocycles. The number of alkyl halides is 4. The van der Waals surface area contributed by atoms with Crippen LogP contribution in [0.25, 0.3) is 0 Å². The van der Waals surface area contributed by atoms with Crippen LogP contribution in [-0.2, 0) is 21.2 Å². The summed E-state index contributed by atoms with van der Waals surface area (Å²) in [6, 6.07) is 8.29. The first kappa shape index (κ1) is 18.5. The van der Waals surface area contributed by atoms with Gasteiger partial charge in [0.1, 0.15) is 0 Å². The number of halogens is 4. The monoisotopic (exact) mass is 378 g/mol. The van der Waals surface area contributed by atoms with Crippen LogP contribution in [0.2, 0.25) is 0 Å². The minimum atomic E-state index is -3.53. The summed E-state index contributed by atoms with van der Waals surface area (Å²) in [7, 11) is -0.901. The fourth-order valence-corrected chi connectivity index (χ4v) is 3.54. The summed E-state index contributed by atoms with van der Waals surface area (Å²) in [6.45, 7) is 7.35. The highest BCUT2D eigenvalue weighted by Crippen LogP contribution is 2.52. The third-order valence-electron chi connectivity index (χ3n) is 5.85. The zero-order valence-electron chi connectivity index (χ0n) is 15.4. The Morgan fingerprint density at radius 2 is 1.11 bits per heavy atom. The smallest absolute Gasteiger partial charge is 0.399 e. The maximum Gasteiger partial charge on any atom is 0.494 e. The average molecular weight is 378 g/mol. The van der Waals surface area contributed by atoms with Gasteiger partial charge >= 0.3 is 7.12 Å². The van der Waals surface area contributed by atoms with E-state index < -0.39 is 52.4 Å². The molecule has 0 unspecified atom stereocenters. The van der Waals surface area contributed by atoms with Gasteiger partial charge in [0.15, 0.2) is 0 Å².